The van der Waals surface area contributed by atoms with Crippen molar-refractivity contribution in [2.75, 3.05) is 6.61 Å². The Bertz CT molecular complexity index is 1150. The molecule has 1 atom stereocenters. The first-order valence-corrected chi connectivity index (χ1v) is 13.3. The van der Waals surface area contributed by atoms with Crippen molar-refractivity contribution in [2.24, 2.45) is 11.8 Å². The maximum absolute atomic E-state index is 14.0. The molecule has 0 aromatic heterocycles. The number of halogens is 2. The van der Waals surface area contributed by atoms with E-state index in [-0.39, 0.29) is 36.8 Å². The SMILES string of the molecule is C=C(CC1(N2C=C(C3CC(F)(F)C3)[C@](C)(c3ccc(OCCC4CCC4)c(C)c3)NC2=O)CC1)C(=O)O. The molecule has 0 saturated heterocycles. The van der Waals surface area contributed by atoms with Gasteiger partial charge in [-0.05, 0) is 73.8 Å². The second-order valence-electron chi connectivity index (χ2n) is 11.7. The maximum atomic E-state index is 14.0. The minimum absolute atomic E-state index is 0.0345. The highest BCUT2D eigenvalue weighted by molar-refractivity contribution is 5.87. The Kier molecular flexibility index (Phi) is 6.35. The largest absolute Gasteiger partial charge is 0.493 e. The standard InChI is InChI=1S/C29H36F2N2O4/c1-18-13-22(7-8-24(18)37-12-9-20-5-4-6-20)27(3)23(21-15-29(30,31)16-21)17-33(26(36)32-27)28(10-11-28)14-19(2)25(34)35/h7-8,13,17,20-21H,2,4-6,9-12,14-16H2,1,3H3,(H,32,36)(H,34,35)/t27-/m0/s1. The lowest BCUT2D eigenvalue weighted by Crippen LogP contribution is -2.59. The number of ether oxygens (including phenoxy) is 1. The van der Waals surface area contributed by atoms with Gasteiger partial charge in [-0.15, -0.1) is 0 Å². The summed E-state index contributed by atoms with van der Waals surface area (Å²) in [7, 11) is 0. The van der Waals surface area contributed by atoms with Gasteiger partial charge in [-0.25, -0.2) is 18.4 Å². The summed E-state index contributed by atoms with van der Waals surface area (Å²) in [6.07, 6.45) is 7.50. The Morgan fingerprint density at radius 1 is 1.27 bits per heavy atom. The van der Waals surface area contributed by atoms with E-state index in [1.807, 2.05) is 32.0 Å². The summed E-state index contributed by atoms with van der Waals surface area (Å²) in [6.45, 7) is 8.14. The number of nitrogens with one attached hydrogen (secondary N) is 1. The third-order valence-electron chi connectivity index (χ3n) is 8.89. The van der Waals surface area contributed by atoms with Gasteiger partial charge >= 0.3 is 12.0 Å². The van der Waals surface area contributed by atoms with Crippen molar-refractivity contribution >= 4 is 12.0 Å². The third-order valence-corrected chi connectivity index (χ3v) is 8.89. The van der Waals surface area contributed by atoms with Crippen molar-refractivity contribution in [3.8, 4) is 5.75 Å². The van der Waals surface area contributed by atoms with E-state index < -0.39 is 23.0 Å². The van der Waals surface area contributed by atoms with E-state index in [9.17, 15) is 23.5 Å². The fourth-order valence-corrected chi connectivity index (χ4v) is 6.02. The van der Waals surface area contributed by atoms with E-state index in [4.69, 9.17) is 4.74 Å². The quantitative estimate of drug-likeness (QED) is 0.359. The third kappa shape index (κ3) is 4.87. The molecule has 3 saturated carbocycles. The van der Waals surface area contributed by atoms with Crippen LogP contribution in [0.2, 0.25) is 0 Å². The van der Waals surface area contributed by atoms with Gasteiger partial charge < -0.3 is 15.2 Å². The van der Waals surface area contributed by atoms with Crippen LogP contribution in [0.5, 0.6) is 5.75 Å². The van der Waals surface area contributed by atoms with Gasteiger partial charge in [0.25, 0.3) is 0 Å². The zero-order valence-electron chi connectivity index (χ0n) is 21.6. The van der Waals surface area contributed by atoms with Crippen LogP contribution in [0, 0.1) is 18.8 Å². The van der Waals surface area contributed by atoms with E-state index in [0.717, 1.165) is 34.8 Å². The molecule has 3 fully saturated rings. The Balaban J connectivity index is 1.42. The number of urea groups is 1. The van der Waals surface area contributed by atoms with Crippen LogP contribution in [0.25, 0.3) is 0 Å². The lowest BCUT2D eigenvalue weighted by Gasteiger charge is -2.49. The molecule has 1 heterocycles. The highest BCUT2D eigenvalue weighted by Gasteiger charge is 2.57. The molecule has 2 amide bonds. The second kappa shape index (κ2) is 9.14. The van der Waals surface area contributed by atoms with Crippen LogP contribution >= 0.6 is 0 Å². The van der Waals surface area contributed by atoms with Gasteiger partial charge in [0.2, 0.25) is 5.92 Å². The molecule has 0 spiro atoms. The molecule has 37 heavy (non-hydrogen) atoms. The minimum atomic E-state index is -2.72. The maximum Gasteiger partial charge on any atom is 0.331 e. The number of amides is 2. The molecule has 8 heteroatoms. The Morgan fingerprint density at radius 3 is 2.51 bits per heavy atom. The predicted molar refractivity (Wildman–Crippen MR) is 135 cm³/mol. The number of carbonyl (C=O) groups excluding carboxylic acids is 1. The average Bonchev–Trinajstić information content (AvgIpc) is 3.54. The van der Waals surface area contributed by atoms with Crippen molar-refractivity contribution in [3.05, 3.63) is 53.3 Å². The number of aryl methyl sites for hydroxylation is 1. The number of carbonyl (C=O) groups is 2. The minimum Gasteiger partial charge on any atom is -0.493 e. The molecule has 2 N–H and O–H groups in total. The van der Waals surface area contributed by atoms with E-state index in [1.165, 1.54) is 19.3 Å². The highest BCUT2D eigenvalue weighted by atomic mass is 19.3. The van der Waals surface area contributed by atoms with Crippen molar-refractivity contribution in [2.45, 2.75) is 88.6 Å². The highest BCUT2D eigenvalue weighted by Crippen LogP contribution is 2.54. The van der Waals surface area contributed by atoms with Crippen LogP contribution in [0.1, 0.15) is 75.8 Å². The number of alkyl halides is 2. The smallest absolute Gasteiger partial charge is 0.331 e. The van der Waals surface area contributed by atoms with E-state index in [0.29, 0.717) is 19.4 Å². The number of carboxylic acid groups (broad SMARTS) is 1. The van der Waals surface area contributed by atoms with Crippen LogP contribution in [0.3, 0.4) is 0 Å². The van der Waals surface area contributed by atoms with Gasteiger partial charge in [-0.1, -0.05) is 31.9 Å². The number of nitrogens with zero attached hydrogens (tertiary/aromatic N) is 1. The zero-order chi connectivity index (χ0) is 26.6. The molecular formula is C29H36F2N2O4. The zero-order valence-corrected chi connectivity index (χ0v) is 21.6. The van der Waals surface area contributed by atoms with Crippen LogP contribution in [-0.2, 0) is 10.3 Å². The van der Waals surface area contributed by atoms with Crippen LogP contribution < -0.4 is 10.1 Å². The van der Waals surface area contributed by atoms with Crippen LogP contribution in [0.15, 0.2) is 42.1 Å². The fourth-order valence-electron chi connectivity index (χ4n) is 6.02. The molecule has 0 radical (unpaired) electrons. The number of hydrogen-bond acceptors (Lipinski definition) is 3. The van der Waals surface area contributed by atoms with E-state index in [1.54, 1.807) is 11.1 Å². The fraction of sp³-hybridized carbons (Fsp3) is 0.586. The summed E-state index contributed by atoms with van der Waals surface area (Å²) in [6, 6.07) is 5.43. The van der Waals surface area contributed by atoms with Gasteiger partial charge in [0, 0.05) is 31.0 Å². The number of rotatable bonds is 10. The van der Waals surface area contributed by atoms with Gasteiger partial charge in [0.1, 0.15) is 5.75 Å². The number of benzene rings is 1. The van der Waals surface area contributed by atoms with Crippen molar-refractivity contribution in [3.63, 3.8) is 0 Å². The Labute approximate surface area is 216 Å². The molecule has 1 aromatic rings. The van der Waals surface area contributed by atoms with Crippen molar-refractivity contribution < 1.29 is 28.2 Å². The summed E-state index contributed by atoms with van der Waals surface area (Å²) >= 11 is 0. The van der Waals surface area contributed by atoms with Crippen molar-refractivity contribution in [1.29, 1.82) is 0 Å². The van der Waals surface area contributed by atoms with Crippen LogP contribution in [-0.4, -0.2) is 40.1 Å². The molecule has 1 aliphatic heterocycles. The topological polar surface area (TPSA) is 78.9 Å². The van der Waals surface area contributed by atoms with Gasteiger partial charge in [-0.3, -0.25) is 4.90 Å². The molecule has 3 aliphatic carbocycles. The molecular weight excluding hydrogens is 478 g/mol. The molecule has 1 aromatic carbocycles. The average molecular weight is 515 g/mol. The molecule has 200 valence electrons. The lowest BCUT2D eigenvalue weighted by atomic mass is 9.67. The normalized spacial score (nSPS) is 26.4. The molecule has 0 unspecified atom stereocenters. The monoisotopic (exact) mass is 514 g/mol. The molecule has 5 rings (SSSR count). The summed E-state index contributed by atoms with van der Waals surface area (Å²) in [5.41, 5.74) is 0.857. The second-order valence-corrected chi connectivity index (χ2v) is 11.7. The first kappa shape index (κ1) is 25.7. The first-order chi connectivity index (χ1) is 17.4. The van der Waals surface area contributed by atoms with Crippen molar-refractivity contribution in [1.82, 2.24) is 10.2 Å². The first-order valence-electron chi connectivity index (χ1n) is 13.3. The Morgan fingerprint density at radius 2 is 1.97 bits per heavy atom. The molecule has 0 bridgehead atoms. The summed E-state index contributed by atoms with van der Waals surface area (Å²) in [5, 5.41) is 12.4. The predicted octanol–water partition coefficient (Wildman–Crippen LogP) is 6.30. The number of carboxylic acids is 1. The number of hydrogen-bond donors (Lipinski definition) is 2. The summed E-state index contributed by atoms with van der Waals surface area (Å²) < 4.78 is 34.0. The van der Waals surface area contributed by atoms with E-state index in [2.05, 4.69) is 11.9 Å². The molecule has 4 aliphatic rings. The Hall–Kier alpha value is -2.90. The van der Waals surface area contributed by atoms with Gasteiger partial charge in [0.05, 0.1) is 17.7 Å². The summed E-state index contributed by atoms with van der Waals surface area (Å²) in [5.74, 6) is -2.65. The van der Waals surface area contributed by atoms with Gasteiger partial charge in [0.15, 0.2) is 0 Å². The van der Waals surface area contributed by atoms with Crippen LogP contribution in [0.4, 0.5) is 13.6 Å². The van der Waals surface area contributed by atoms with E-state index >= 15 is 0 Å². The van der Waals surface area contributed by atoms with Gasteiger partial charge in [-0.2, -0.15) is 0 Å². The number of aliphatic carboxylic acids is 1. The molecule has 6 nitrogen and oxygen atoms in total. The lowest BCUT2D eigenvalue weighted by molar-refractivity contribution is -0.133. The summed E-state index contributed by atoms with van der Waals surface area (Å²) in [4.78, 5) is 26.4.